The van der Waals surface area contributed by atoms with Gasteiger partial charge in [0, 0.05) is 34.0 Å². The minimum atomic E-state index is -0.0158. The zero-order valence-corrected chi connectivity index (χ0v) is 12.0. The number of amides is 1. The van der Waals surface area contributed by atoms with E-state index < -0.39 is 0 Å². The summed E-state index contributed by atoms with van der Waals surface area (Å²) in [6, 6.07) is 11.3. The van der Waals surface area contributed by atoms with Crippen LogP contribution in [0.15, 0.2) is 48.8 Å². The molecule has 21 heavy (non-hydrogen) atoms. The molecule has 0 saturated heterocycles. The van der Waals surface area contributed by atoms with Crippen LogP contribution in [0.2, 0.25) is 5.02 Å². The van der Waals surface area contributed by atoms with E-state index in [1.807, 2.05) is 36.4 Å². The van der Waals surface area contributed by atoms with E-state index in [9.17, 15) is 4.79 Å². The largest absolute Gasteiger partial charge is 0.357 e. The smallest absolute Gasteiger partial charge is 0.224 e. The third-order valence-corrected chi connectivity index (χ3v) is 3.46. The number of H-pyrrole nitrogens is 1. The average Bonchev–Trinajstić information content (AvgIpc) is 2.88. The van der Waals surface area contributed by atoms with Gasteiger partial charge in [-0.05, 0) is 42.0 Å². The predicted octanol–water partition coefficient (Wildman–Crippen LogP) is 3.08. The van der Waals surface area contributed by atoms with Crippen LogP contribution in [0.1, 0.15) is 11.3 Å². The number of hydrogen-bond acceptors (Lipinski definition) is 2. The fourth-order valence-electron chi connectivity index (χ4n) is 2.20. The van der Waals surface area contributed by atoms with Gasteiger partial charge in [-0.15, -0.1) is 0 Å². The summed E-state index contributed by atoms with van der Waals surface area (Å²) < 4.78 is 0. The Morgan fingerprint density at radius 2 is 2.00 bits per heavy atom. The van der Waals surface area contributed by atoms with Crippen LogP contribution in [0, 0.1) is 0 Å². The molecule has 4 nitrogen and oxygen atoms in total. The van der Waals surface area contributed by atoms with E-state index in [1.54, 1.807) is 12.4 Å². The second kappa shape index (κ2) is 5.97. The Hall–Kier alpha value is -2.33. The number of pyridine rings is 1. The number of nitrogens with zero attached hydrogens (tertiary/aromatic N) is 1. The lowest BCUT2D eigenvalue weighted by Gasteiger charge is -2.03. The number of carbonyl (C=O) groups excluding carboxylic acids is 1. The average molecular weight is 300 g/mol. The van der Waals surface area contributed by atoms with E-state index >= 15 is 0 Å². The molecule has 0 bridgehead atoms. The standard InChI is InChI=1S/C16H14ClN3O/c17-13-1-2-15-12(8-13)9-14(20-15)10-19-16(21)7-11-3-5-18-6-4-11/h1-6,8-9,20H,7,10H2,(H,19,21). The maximum absolute atomic E-state index is 11.9. The summed E-state index contributed by atoms with van der Waals surface area (Å²) >= 11 is 5.96. The van der Waals surface area contributed by atoms with Crippen molar-refractivity contribution in [1.29, 1.82) is 0 Å². The molecule has 1 aromatic carbocycles. The normalized spacial score (nSPS) is 10.7. The van der Waals surface area contributed by atoms with Crippen LogP contribution in [0.25, 0.3) is 10.9 Å². The lowest BCUT2D eigenvalue weighted by Crippen LogP contribution is -2.24. The van der Waals surface area contributed by atoms with Crippen molar-refractivity contribution in [3.05, 3.63) is 65.1 Å². The third kappa shape index (κ3) is 3.41. The van der Waals surface area contributed by atoms with Gasteiger partial charge in [0.1, 0.15) is 0 Å². The first-order valence-electron chi connectivity index (χ1n) is 6.63. The molecule has 0 unspecified atom stereocenters. The summed E-state index contributed by atoms with van der Waals surface area (Å²) in [6.07, 6.45) is 3.72. The van der Waals surface area contributed by atoms with Gasteiger partial charge in [0.05, 0.1) is 13.0 Å². The number of aromatic amines is 1. The van der Waals surface area contributed by atoms with Crippen molar-refractivity contribution < 1.29 is 4.79 Å². The SMILES string of the molecule is O=C(Cc1ccncc1)NCc1cc2cc(Cl)ccc2[nH]1. The highest BCUT2D eigenvalue weighted by atomic mass is 35.5. The molecule has 1 amide bonds. The molecule has 0 radical (unpaired) electrons. The number of aromatic nitrogens is 2. The Morgan fingerprint density at radius 1 is 1.19 bits per heavy atom. The number of halogens is 1. The van der Waals surface area contributed by atoms with Gasteiger partial charge in [-0.1, -0.05) is 11.6 Å². The molecule has 0 aliphatic heterocycles. The van der Waals surface area contributed by atoms with E-state index in [2.05, 4.69) is 15.3 Å². The van der Waals surface area contributed by atoms with Crippen molar-refractivity contribution in [3.63, 3.8) is 0 Å². The van der Waals surface area contributed by atoms with Gasteiger partial charge < -0.3 is 10.3 Å². The van der Waals surface area contributed by atoms with Crippen LogP contribution in [0.4, 0.5) is 0 Å². The Labute approximate surface area is 127 Å². The maximum Gasteiger partial charge on any atom is 0.224 e. The summed E-state index contributed by atoms with van der Waals surface area (Å²) in [5.41, 5.74) is 2.92. The molecule has 2 N–H and O–H groups in total. The van der Waals surface area contributed by atoms with Gasteiger partial charge in [0.25, 0.3) is 0 Å². The molecule has 0 aliphatic rings. The van der Waals surface area contributed by atoms with Crippen LogP contribution in [0.3, 0.4) is 0 Å². The van der Waals surface area contributed by atoms with Gasteiger partial charge in [0.15, 0.2) is 0 Å². The Kier molecular flexibility index (Phi) is 3.88. The fourth-order valence-corrected chi connectivity index (χ4v) is 2.38. The van der Waals surface area contributed by atoms with Gasteiger partial charge in [0.2, 0.25) is 5.91 Å². The molecule has 3 rings (SSSR count). The molecule has 0 atom stereocenters. The van der Waals surface area contributed by atoms with Crippen molar-refractivity contribution in [2.75, 3.05) is 0 Å². The van der Waals surface area contributed by atoms with Crippen LogP contribution in [-0.2, 0) is 17.8 Å². The van der Waals surface area contributed by atoms with E-state index in [0.29, 0.717) is 18.0 Å². The quantitative estimate of drug-likeness (QED) is 0.778. The van der Waals surface area contributed by atoms with E-state index in [-0.39, 0.29) is 5.91 Å². The molecule has 0 aliphatic carbocycles. The zero-order chi connectivity index (χ0) is 14.7. The van der Waals surface area contributed by atoms with Crippen molar-refractivity contribution in [3.8, 4) is 0 Å². The van der Waals surface area contributed by atoms with Crippen LogP contribution in [-0.4, -0.2) is 15.9 Å². The second-order valence-corrected chi connectivity index (χ2v) is 5.27. The lowest BCUT2D eigenvalue weighted by molar-refractivity contribution is -0.120. The predicted molar refractivity (Wildman–Crippen MR) is 83.1 cm³/mol. The first-order chi connectivity index (χ1) is 10.2. The highest BCUT2D eigenvalue weighted by Crippen LogP contribution is 2.19. The minimum absolute atomic E-state index is 0.0158. The topological polar surface area (TPSA) is 57.8 Å². The second-order valence-electron chi connectivity index (χ2n) is 4.84. The van der Waals surface area contributed by atoms with Crippen molar-refractivity contribution >= 4 is 28.4 Å². The Balaban J connectivity index is 1.62. The Bertz CT molecular complexity index is 768. The molecule has 2 heterocycles. The van der Waals surface area contributed by atoms with Crippen molar-refractivity contribution in [2.45, 2.75) is 13.0 Å². The first-order valence-corrected chi connectivity index (χ1v) is 7.01. The fraction of sp³-hybridized carbons (Fsp3) is 0.125. The highest BCUT2D eigenvalue weighted by molar-refractivity contribution is 6.31. The highest BCUT2D eigenvalue weighted by Gasteiger charge is 2.05. The van der Waals surface area contributed by atoms with Gasteiger partial charge in [-0.25, -0.2) is 0 Å². The number of carbonyl (C=O) groups is 1. The van der Waals surface area contributed by atoms with Gasteiger partial charge in [-0.2, -0.15) is 0 Å². The van der Waals surface area contributed by atoms with Gasteiger partial charge in [-0.3, -0.25) is 9.78 Å². The number of benzene rings is 1. The first kappa shape index (κ1) is 13.6. The van der Waals surface area contributed by atoms with Crippen molar-refractivity contribution in [1.82, 2.24) is 15.3 Å². The molecular weight excluding hydrogens is 286 g/mol. The molecule has 3 aromatic rings. The number of hydrogen-bond donors (Lipinski definition) is 2. The van der Waals surface area contributed by atoms with Crippen LogP contribution >= 0.6 is 11.6 Å². The molecule has 106 valence electrons. The summed E-state index contributed by atoms with van der Waals surface area (Å²) in [6.45, 7) is 0.468. The summed E-state index contributed by atoms with van der Waals surface area (Å²) in [5, 5.41) is 4.65. The molecule has 0 spiro atoms. The lowest BCUT2D eigenvalue weighted by atomic mass is 10.2. The molecule has 5 heteroatoms. The van der Waals surface area contributed by atoms with E-state index in [4.69, 9.17) is 11.6 Å². The zero-order valence-electron chi connectivity index (χ0n) is 11.3. The van der Waals surface area contributed by atoms with E-state index in [1.165, 1.54) is 0 Å². The van der Waals surface area contributed by atoms with Gasteiger partial charge >= 0.3 is 0 Å². The summed E-state index contributed by atoms with van der Waals surface area (Å²) in [4.78, 5) is 19.1. The number of rotatable bonds is 4. The summed E-state index contributed by atoms with van der Waals surface area (Å²) in [5.74, 6) is -0.0158. The van der Waals surface area contributed by atoms with E-state index in [0.717, 1.165) is 22.2 Å². The monoisotopic (exact) mass is 299 g/mol. The molecular formula is C16H14ClN3O. The maximum atomic E-state index is 11.9. The number of fused-ring (bicyclic) bond motifs is 1. The number of nitrogens with one attached hydrogen (secondary N) is 2. The van der Waals surface area contributed by atoms with Crippen molar-refractivity contribution in [2.24, 2.45) is 0 Å². The minimum Gasteiger partial charge on any atom is -0.357 e. The molecule has 0 saturated carbocycles. The third-order valence-electron chi connectivity index (χ3n) is 3.23. The Morgan fingerprint density at radius 3 is 2.81 bits per heavy atom. The molecule has 2 aromatic heterocycles. The molecule has 0 fully saturated rings. The van der Waals surface area contributed by atoms with Crippen LogP contribution in [0.5, 0.6) is 0 Å². The summed E-state index contributed by atoms with van der Waals surface area (Å²) in [7, 11) is 0. The van der Waals surface area contributed by atoms with Crippen LogP contribution < -0.4 is 5.32 Å².